The number of ether oxygens (including phenoxy) is 1. The van der Waals surface area contributed by atoms with E-state index in [9.17, 15) is 5.26 Å². The Hall–Kier alpha value is -3.72. The summed E-state index contributed by atoms with van der Waals surface area (Å²) in [6.45, 7) is 4.97. The summed E-state index contributed by atoms with van der Waals surface area (Å²) < 4.78 is 7.88. The average Bonchev–Trinajstić information content (AvgIpc) is 3.24. The van der Waals surface area contributed by atoms with E-state index in [1.54, 1.807) is 0 Å². The van der Waals surface area contributed by atoms with Crippen molar-refractivity contribution in [3.63, 3.8) is 0 Å². The molecule has 6 heteroatoms. The molecule has 1 aliphatic rings. The molecule has 0 saturated heterocycles. The highest BCUT2D eigenvalue weighted by Gasteiger charge is 2.34. The van der Waals surface area contributed by atoms with Crippen LogP contribution in [-0.2, 0) is 6.54 Å². The Kier molecular flexibility index (Phi) is 3.46. The van der Waals surface area contributed by atoms with Crippen LogP contribution in [0.25, 0.3) is 21.8 Å². The van der Waals surface area contributed by atoms with Crippen molar-refractivity contribution >= 4 is 21.8 Å². The van der Waals surface area contributed by atoms with Gasteiger partial charge in [-0.15, -0.1) is 5.10 Å². The first kappa shape index (κ1) is 16.5. The number of H-pyrrole nitrogens is 1. The van der Waals surface area contributed by atoms with Crippen LogP contribution in [-0.4, -0.2) is 14.8 Å². The highest BCUT2D eigenvalue weighted by Crippen LogP contribution is 2.43. The first-order valence-corrected chi connectivity index (χ1v) is 9.27. The van der Waals surface area contributed by atoms with E-state index >= 15 is 0 Å². The zero-order valence-corrected chi connectivity index (χ0v) is 15.7. The number of hydrogen-bond donors (Lipinski definition) is 2. The topological polar surface area (TPSA) is 92.7 Å². The number of benzene rings is 2. The molecule has 0 bridgehead atoms. The number of fused-ring (bicyclic) bond motifs is 4. The fourth-order valence-corrected chi connectivity index (χ4v) is 4.32. The number of aromatic amines is 1. The molecular formula is C22H19N5O. The molecule has 138 valence electrons. The highest BCUT2D eigenvalue weighted by atomic mass is 16.5. The van der Waals surface area contributed by atoms with Crippen LogP contribution in [0.5, 0.6) is 5.88 Å². The molecule has 4 aromatic rings. The number of allylic oxidation sites excluding steroid dienone is 1. The Labute approximate surface area is 161 Å². The van der Waals surface area contributed by atoms with E-state index in [-0.39, 0.29) is 11.8 Å². The van der Waals surface area contributed by atoms with Gasteiger partial charge in [-0.3, -0.25) is 5.10 Å². The Morgan fingerprint density at radius 1 is 1.21 bits per heavy atom. The summed E-state index contributed by atoms with van der Waals surface area (Å²) >= 11 is 0. The molecular weight excluding hydrogens is 350 g/mol. The molecule has 0 aliphatic carbocycles. The first-order valence-electron chi connectivity index (χ1n) is 9.27. The van der Waals surface area contributed by atoms with Crippen LogP contribution >= 0.6 is 0 Å². The molecule has 0 unspecified atom stereocenters. The average molecular weight is 369 g/mol. The van der Waals surface area contributed by atoms with Gasteiger partial charge in [0.25, 0.3) is 0 Å². The van der Waals surface area contributed by atoms with Crippen molar-refractivity contribution in [2.75, 3.05) is 0 Å². The van der Waals surface area contributed by atoms with Crippen LogP contribution in [0.2, 0.25) is 0 Å². The van der Waals surface area contributed by atoms with Crippen LogP contribution in [0.4, 0.5) is 0 Å². The number of aryl methyl sites for hydroxylation is 2. The number of nitrogens with two attached hydrogens (primary N) is 1. The third-order valence-electron chi connectivity index (χ3n) is 5.58. The maximum absolute atomic E-state index is 9.77. The summed E-state index contributed by atoms with van der Waals surface area (Å²) in [6.07, 6.45) is 0. The van der Waals surface area contributed by atoms with Crippen LogP contribution in [0.3, 0.4) is 0 Å². The summed E-state index contributed by atoms with van der Waals surface area (Å²) in [5.74, 6) is 0.248. The van der Waals surface area contributed by atoms with Crippen LogP contribution in [0.1, 0.15) is 29.7 Å². The van der Waals surface area contributed by atoms with Gasteiger partial charge in [0.2, 0.25) is 11.8 Å². The SMILES string of the molecule is CCn1c2ccccc2c2cc([C@@H]3C(C#N)=C(N)Oc4n[nH]c(C)c43)ccc21. The molecule has 2 aromatic carbocycles. The molecule has 6 nitrogen and oxygen atoms in total. The number of hydrogen-bond acceptors (Lipinski definition) is 4. The summed E-state index contributed by atoms with van der Waals surface area (Å²) in [7, 11) is 0. The molecule has 0 radical (unpaired) electrons. The second-order valence-electron chi connectivity index (χ2n) is 7.03. The van der Waals surface area contributed by atoms with E-state index in [4.69, 9.17) is 10.5 Å². The lowest BCUT2D eigenvalue weighted by Crippen LogP contribution is -2.21. The zero-order valence-electron chi connectivity index (χ0n) is 15.7. The molecule has 3 heterocycles. The summed E-state index contributed by atoms with van der Waals surface area (Å²) in [5.41, 5.74) is 11.6. The lowest BCUT2D eigenvalue weighted by atomic mass is 9.83. The molecule has 0 fully saturated rings. The van der Waals surface area contributed by atoms with E-state index in [0.29, 0.717) is 11.5 Å². The molecule has 2 aromatic heterocycles. The fourth-order valence-electron chi connectivity index (χ4n) is 4.32. The van der Waals surface area contributed by atoms with Gasteiger partial charge < -0.3 is 15.0 Å². The first-order chi connectivity index (χ1) is 13.6. The molecule has 0 saturated carbocycles. The van der Waals surface area contributed by atoms with Crippen molar-refractivity contribution in [1.82, 2.24) is 14.8 Å². The Bertz CT molecular complexity index is 1320. The van der Waals surface area contributed by atoms with Crippen molar-refractivity contribution < 1.29 is 4.74 Å². The van der Waals surface area contributed by atoms with Gasteiger partial charge in [0.1, 0.15) is 11.6 Å². The standard InChI is InChI=1S/C22H19N5O/c1-3-27-17-7-5-4-6-14(17)15-10-13(8-9-18(15)27)20-16(11-23)21(24)28-22-19(20)12(2)25-26-22/h4-10,20H,3,24H2,1-2H3,(H,25,26)/t20-/m1/s1. The lowest BCUT2D eigenvalue weighted by Gasteiger charge is -2.23. The van der Waals surface area contributed by atoms with Gasteiger partial charge in [-0.1, -0.05) is 24.3 Å². The van der Waals surface area contributed by atoms with Gasteiger partial charge >= 0.3 is 0 Å². The van der Waals surface area contributed by atoms with Crippen molar-refractivity contribution in [3.8, 4) is 11.9 Å². The van der Waals surface area contributed by atoms with Crippen molar-refractivity contribution in [3.05, 3.63) is 70.7 Å². The third kappa shape index (κ3) is 2.10. The lowest BCUT2D eigenvalue weighted by molar-refractivity contribution is 0.379. The number of nitrogens with one attached hydrogen (secondary N) is 1. The second kappa shape index (κ2) is 5.89. The minimum atomic E-state index is -0.305. The maximum Gasteiger partial charge on any atom is 0.244 e. The van der Waals surface area contributed by atoms with Gasteiger partial charge in [0, 0.05) is 39.6 Å². The molecule has 3 N–H and O–H groups in total. The van der Waals surface area contributed by atoms with Crippen molar-refractivity contribution in [2.24, 2.45) is 5.73 Å². The van der Waals surface area contributed by atoms with E-state index in [1.165, 1.54) is 21.8 Å². The minimum absolute atomic E-state index is 0.114. The van der Waals surface area contributed by atoms with E-state index < -0.39 is 0 Å². The Balaban J connectivity index is 1.81. The molecule has 1 atom stereocenters. The molecule has 0 spiro atoms. The highest BCUT2D eigenvalue weighted by molar-refractivity contribution is 6.08. The monoisotopic (exact) mass is 369 g/mol. The molecule has 5 rings (SSSR count). The van der Waals surface area contributed by atoms with Crippen molar-refractivity contribution in [1.29, 1.82) is 5.26 Å². The van der Waals surface area contributed by atoms with Gasteiger partial charge in [-0.2, -0.15) is 5.26 Å². The van der Waals surface area contributed by atoms with Crippen molar-refractivity contribution in [2.45, 2.75) is 26.3 Å². The van der Waals surface area contributed by atoms with Crippen LogP contribution < -0.4 is 10.5 Å². The number of para-hydroxylation sites is 1. The molecule has 1 aliphatic heterocycles. The van der Waals surface area contributed by atoms with E-state index in [1.807, 2.05) is 6.92 Å². The summed E-state index contributed by atoms with van der Waals surface area (Å²) in [5, 5.41) is 19.3. The Morgan fingerprint density at radius 2 is 2.00 bits per heavy atom. The van der Waals surface area contributed by atoms with Gasteiger partial charge in [0.15, 0.2) is 0 Å². The number of aromatic nitrogens is 3. The van der Waals surface area contributed by atoms with Gasteiger partial charge in [-0.25, -0.2) is 0 Å². The largest absolute Gasteiger partial charge is 0.420 e. The van der Waals surface area contributed by atoms with Gasteiger partial charge in [-0.05, 0) is 37.6 Å². The minimum Gasteiger partial charge on any atom is -0.420 e. The van der Waals surface area contributed by atoms with Crippen LogP contribution in [0.15, 0.2) is 53.9 Å². The van der Waals surface area contributed by atoms with E-state index in [2.05, 4.69) is 70.2 Å². The molecule has 0 amide bonds. The summed E-state index contributed by atoms with van der Waals surface area (Å²) in [6, 6.07) is 17.0. The van der Waals surface area contributed by atoms with Gasteiger partial charge in [0.05, 0.1) is 5.92 Å². The predicted octanol–water partition coefficient (Wildman–Crippen LogP) is 4.06. The number of nitrogens with zero attached hydrogens (tertiary/aromatic N) is 3. The van der Waals surface area contributed by atoms with Crippen LogP contribution in [0, 0.1) is 18.3 Å². The maximum atomic E-state index is 9.77. The van der Waals surface area contributed by atoms with E-state index in [0.717, 1.165) is 23.4 Å². The summed E-state index contributed by atoms with van der Waals surface area (Å²) in [4.78, 5) is 0. The number of nitriles is 1. The second-order valence-corrected chi connectivity index (χ2v) is 7.03. The smallest absolute Gasteiger partial charge is 0.244 e. The quantitative estimate of drug-likeness (QED) is 0.557. The Morgan fingerprint density at radius 3 is 2.79 bits per heavy atom. The molecule has 28 heavy (non-hydrogen) atoms. The normalized spacial score (nSPS) is 16.2. The zero-order chi connectivity index (χ0) is 19.4. The fraction of sp³-hybridized carbons (Fsp3) is 0.182. The predicted molar refractivity (Wildman–Crippen MR) is 108 cm³/mol. The third-order valence-corrected chi connectivity index (χ3v) is 5.58. The number of rotatable bonds is 2.